The second-order valence-corrected chi connectivity index (χ2v) is 8.91. The second kappa shape index (κ2) is 10.6. The Morgan fingerprint density at radius 3 is 2.53 bits per heavy atom. The van der Waals surface area contributed by atoms with Crippen molar-refractivity contribution in [3.8, 4) is 22.9 Å². The summed E-state index contributed by atoms with van der Waals surface area (Å²) in [6.07, 6.45) is 2.36. The minimum absolute atomic E-state index is 0.114. The van der Waals surface area contributed by atoms with Crippen molar-refractivity contribution < 1.29 is 14.6 Å². The summed E-state index contributed by atoms with van der Waals surface area (Å²) in [5.41, 5.74) is 4.76. The van der Waals surface area contributed by atoms with E-state index in [4.69, 9.17) is 9.72 Å². The number of unbranched alkanes of at least 4 members (excludes halogenated alkanes) is 1. The van der Waals surface area contributed by atoms with E-state index in [1.54, 1.807) is 6.92 Å². The molecule has 0 fully saturated rings. The Bertz CT molecular complexity index is 1280. The highest BCUT2D eigenvalue weighted by Crippen LogP contribution is 2.32. The Balaban J connectivity index is 1.38. The lowest BCUT2D eigenvalue weighted by Gasteiger charge is -2.15. The quantitative estimate of drug-likeness (QED) is 0.283. The van der Waals surface area contributed by atoms with Gasteiger partial charge in [0.2, 0.25) is 0 Å². The number of carbonyl (C=O) groups excluding carboxylic acids is 1. The second-order valence-electron chi connectivity index (χ2n) is 8.91. The van der Waals surface area contributed by atoms with Crippen LogP contribution in [0.2, 0.25) is 0 Å². The number of phenols is 1. The Hall–Kier alpha value is -3.60. The fourth-order valence-corrected chi connectivity index (χ4v) is 4.20. The number of carbonyl (C=O) groups is 1. The molecule has 1 N–H and O–H groups in total. The van der Waals surface area contributed by atoms with Crippen molar-refractivity contribution in [1.29, 1.82) is 0 Å². The summed E-state index contributed by atoms with van der Waals surface area (Å²) in [4.78, 5) is 16.4. The summed E-state index contributed by atoms with van der Waals surface area (Å²) in [6, 6.07) is 22.3. The molecule has 0 bridgehead atoms. The van der Waals surface area contributed by atoms with Crippen LogP contribution in [0.15, 0.2) is 66.7 Å². The molecule has 5 heteroatoms. The van der Waals surface area contributed by atoms with Gasteiger partial charge in [0.25, 0.3) is 0 Å². The minimum Gasteiger partial charge on any atom is -0.507 e. The number of fused-ring (bicyclic) bond motifs is 1. The lowest BCUT2D eigenvalue weighted by Crippen LogP contribution is -2.10. The van der Waals surface area contributed by atoms with Crippen molar-refractivity contribution in [2.24, 2.45) is 5.92 Å². The van der Waals surface area contributed by atoms with E-state index in [9.17, 15) is 9.90 Å². The molecule has 1 unspecified atom stereocenters. The third-order valence-electron chi connectivity index (χ3n) is 6.41. The predicted octanol–water partition coefficient (Wildman–Crippen LogP) is 6.34. The summed E-state index contributed by atoms with van der Waals surface area (Å²) in [7, 11) is 0. The Morgan fingerprint density at radius 1 is 1.03 bits per heavy atom. The maximum absolute atomic E-state index is 11.6. The first-order chi connectivity index (χ1) is 16.5. The van der Waals surface area contributed by atoms with Gasteiger partial charge in [0.05, 0.1) is 17.6 Å². The van der Waals surface area contributed by atoms with Crippen molar-refractivity contribution in [3.05, 3.63) is 77.9 Å². The molecular weight excluding hydrogens is 424 g/mol. The number of para-hydroxylation sites is 2. The molecule has 1 heterocycles. The van der Waals surface area contributed by atoms with Gasteiger partial charge in [-0.2, -0.15) is 0 Å². The van der Waals surface area contributed by atoms with E-state index in [2.05, 4.69) is 34.9 Å². The monoisotopic (exact) mass is 456 g/mol. The van der Waals surface area contributed by atoms with E-state index < -0.39 is 0 Å². The number of aryl methyl sites for hydroxylation is 1. The van der Waals surface area contributed by atoms with Crippen molar-refractivity contribution in [2.75, 3.05) is 6.61 Å². The largest absolute Gasteiger partial charge is 0.507 e. The van der Waals surface area contributed by atoms with Gasteiger partial charge in [-0.05, 0) is 56.9 Å². The Labute approximate surface area is 201 Å². The molecule has 0 radical (unpaired) electrons. The van der Waals surface area contributed by atoms with Crippen LogP contribution in [-0.4, -0.2) is 27.0 Å². The van der Waals surface area contributed by atoms with Gasteiger partial charge in [0.15, 0.2) is 0 Å². The van der Waals surface area contributed by atoms with Crippen molar-refractivity contribution >= 4 is 16.8 Å². The first-order valence-electron chi connectivity index (χ1n) is 11.9. The highest BCUT2D eigenvalue weighted by molar-refractivity contribution is 5.80. The van der Waals surface area contributed by atoms with Gasteiger partial charge in [-0.15, -0.1) is 0 Å². The summed E-state index contributed by atoms with van der Waals surface area (Å²) in [6.45, 7) is 6.74. The number of rotatable bonds is 10. The number of ketones is 1. The summed E-state index contributed by atoms with van der Waals surface area (Å²) in [5, 5.41) is 10.6. The number of nitrogens with zero attached hydrogens (tertiary/aromatic N) is 2. The van der Waals surface area contributed by atoms with Crippen LogP contribution in [0.5, 0.6) is 11.5 Å². The number of hydrogen-bond acceptors (Lipinski definition) is 4. The summed E-state index contributed by atoms with van der Waals surface area (Å²) in [5.74, 6) is 1.91. The molecule has 1 atom stereocenters. The third-order valence-corrected chi connectivity index (χ3v) is 6.41. The molecule has 1 aromatic heterocycles. The van der Waals surface area contributed by atoms with Crippen LogP contribution in [0.1, 0.15) is 37.8 Å². The molecule has 0 saturated carbocycles. The van der Waals surface area contributed by atoms with Crippen molar-refractivity contribution in [3.63, 3.8) is 0 Å². The fourth-order valence-electron chi connectivity index (χ4n) is 4.20. The summed E-state index contributed by atoms with van der Waals surface area (Å²) >= 11 is 0. The molecule has 5 nitrogen and oxygen atoms in total. The first kappa shape index (κ1) is 23.6. The number of aromatic nitrogens is 2. The molecule has 34 heavy (non-hydrogen) atoms. The van der Waals surface area contributed by atoms with E-state index in [0.717, 1.165) is 52.9 Å². The number of benzene rings is 3. The normalized spacial score (nSPS) is 12.1. The Morgan fingerprint density at radius 2 is 1.76 bits per heavy atom. The number of phenolic OH excluding ortho intramolecular Hbond substituents is 1. The van der Waals surface area contributed by atoms with E-state index in [0.29, 0.717) is 18.8 Å². The molecule has 4 rings (SSSR count). The number of Topliss-reactive ketones (excluding diaryl/α,β-unsaturated/α-hetero) is 1. The van der Waals surface area contributed by atoms with Gasteiger partial charge >= 0.3 is 0 Å². The maximum Gasteiger partial charge on any atom is 0.141 e. The van der Waals surface area contributed by atoms with Crippen LogP contribution >= 0.6 is 0 Å². The van der Waals surface area contributed by atoms with Crippen LogP contribution < -0.4 is 4.74 Å². The third kappa shape index (κ3) is 5.14. The van der Waals surface area contributed by atoms with E-state index in [-0.39, 0.29) is 17.5 Å². The number of imidazole rings is 1. The standard InChI is InChI=1S/C29H32N2O3/c1-20(22(3)32)19-24-15-16-27(21(2)28(24)33)34-18-10-9-17-31-26-14-8-7-13-25(26)30-29(31)23-11-5-4-6-12-23/h4-8,11-16,20,33H,9-10,17-19H2,1-3H3. The van der Waals surface area contributed by atoms with Crippen LogP contribution in [0.4, 0.5) is 0 Å². The van der Waals surface area contributed by atoms with Crippen LogP contribution in [0.25, 0.3) is 22.4 Å². The molecule has 0 saturated heterocycles. The topological polar surface area (TPSA) is 64.4 Å². The lowest BCUT2D eigenvalue weighted by molar-refractivity contribution is -0.120. The zero-order chi connectivity index (χ0) is 24.1. The molecule has 0 aliphatic carbocycles. The molecule has 3 aromatic carbocycles. The van der Waals surface area contributed by atoms with E-state index in [1.165, 1.54) is 0 Å². The van der Waals surface area contributed by atoms with Crippen LogP contribution in [-0.2, 0) is 17.8 Å². The molecule has 4 aromatic rings. The summed E-state index contributed by atoms with van der Waals surface area (Å²) < 4.78 is 8.28. The molecule has 0 aliphatic heterocycles. The highest BCUT2D eigenvalue weighted by atomic mass is 16.5. The number of ether oxygens (including phenoxy) is 1. The van der Waals surface area contributed by atoms with Gasteiger partial charge in [0, 0.05) is 23.6 Å². The lowest BCUT2D eigenvalue weighted by atomic mass is 9.95. The molecule has 0 amide bonds. The highest BCUT2D eigenvalue weighted by Gasteiger charge is 2.15. The van der Waals surface area contributed by atoms with E-state index in [1.807, 2.05) is 50.2 Å². The van der Waals surface area contributed by atoms with Gasteiger partial charge in [-0.25, -0.2) is 4.98 Å². The zero-order valence-corrected chi connectivity index (χ0v) is 20.1. The average molecular weight is 457 g/mol. The van der Waals surface area contributed by atoms with E-state index >= 15 is 0 Å². The predicted molar refractivity (Wildman–Crippen MR) is 136 cm³/mol. The van der Waals surface area contributed by atoms with Gasteiger partial charge < -0.3 is 14.4 Å². The van der Waals surface area contributed by atoms with Crippen molar-refractivity contribution in [1.82, 2.24) is 9.55 Å². The van der Waals surface area contributed by atoms with Crippen LogP contribution in [0, 0.1) is 12.8 Å². The smallest absolute Gasteiger partial charge is 0.141 e. The minimum atomic E-state index is -0.114. The number of aromatic hydroxyl groups is 1. The molecular formula is C29H32N2O3. The van der Waals surface area contributed by atoms with Gasteiger partial charge in [-0.3, -0.25) is 4.79 Å². The molecule has 0 spiro atoms. The first-order valence-corrected chi connectivity index (χ1v) is 11.9. The molecule has 0 aliphatic rings. The SMILES string of the molecule is CC(=O)C(C)Cc1ccc(OCCCCn2c(-c3ccccc3)nc3ccccc32)c(C)c1O. The average Bonchev–Trinajstić information content (AvgIpc) is 3.22. The van der Waals surface area contributed by atoms with Gasteiger partial charge in [0.1, 0.15) is 23.1 Å². The van der Waals surface area contributed by atoms with Crippen molar-refractivity contribution in [2.45, 2.75) is 46.6 Å². The number of hydrogen-bond donors (Lipinski definition) is 1. The fraction of sp³-hybridized carbons (Fsp3) is 0.310. The maximum atomic E-state index is 11.6. The Kier molecular flexibility index (Phi) is 7.31. The molecule has 176 valence electrons. The van der Waals surface area contributed by atoms with Crippen LogP contribution in [0.3, 0.4) is 0 Å². The zero-order valence-electron chi connectivity index (χ0n) is 20.1. The van der Waals surface area contributed by atoms with Gasteiger partial charge in [-0.1, -0.05) is 55.5 Å².